The van der Waals surface area contributed by atoms with Gasteiger partial charge in [-0.25, -0.2) is 0 Å². The average molecular weight is 481 g/mol. The van der Waals surface area contributed by atoms with Crippen molar-refractivity contribution in [1.29, 1.82) is 0 Å². The molecule has 0 aromatic heterocycles. The lowest BCUT2D eigenvalue weighted by Crippen LogP contribution is -2.01. The first-order valence-corrected chi connectivity index (χ1v) is 9.30. The molecular weight excluding hydrogens is 465 g/mol. The van der Waals surface area contributed by atoms with E-state index in [2.05, 4.69) is 4.74 Å². The summed E-state index contributed by atoms with van der Waals surface area (Å²) in [6.45, 7) is 0. The molecule has 0 unspecified atom stereocenters. The molecule has 0 atom stereocenters. The van der Waals surface area contributed by atoms with Gasteiger partial charge in [0.2, 0.25) is 0 Å². The van der Waals surface area contributed by atoms with Gasteiger partial charge in [-0.15, -0.1) is 0 Å². The molecule has 144 valence electrons. The Hall–Kier alpha value is -0.260. The van der Waals surface area contributed by atoms with Crippen LogP contribution in [-0.4, -0.2) is 28.4 Å². The predicted molar refractivity (Wildman–Crippen MR) is 112 cm³/mol. The second kappa shape index (κ2) is 10.9. The predicted octanol–water partition coefficient (Wildman–Crippen LogP) is 7.48. The average Bonchev–Trinajstić information content (AvgIpc) is 2.58. The van der Waals surface area contributed by atoms with Gasteiger partial charge in [0.1, 0.15) is 11.5 Å². The standard InChI is InChI=1S/C15H10Cl6O2.C2H6O/c1-22-14-6(12(20)8(16)4-10(14)18)3-7-13(21)9(17)5-11(19)15(7)23-2;1-3-2/h4-5H,3H2,1-2H3;1-2H3. The summed E-state index contributed by atoms with van der Waals surface area (Å²) in [5, 5.41) is 1.89. The van der Waals surface area contributed by atoms with E-state index in [1.54, 1.807) is 14.2 Å². The summed E-state index contributed by atoms with van der Waals surface area (Å²) in [6, 6.07) is 3.02. The summed E-state index contributed by atoms with van der Waals surface area (Å²) in [6.07, 6.45) is 0.227. The smallest absolute Gasteiger partial charge is 0.142 e. The van der Waals surface area contributed by atoms with E-state index in [9.17, 15) is 0 Å². The second-order valence-electron chi connectivity index (χ2n) is 4.92. The molecule has 0 aliphatic heterocycles. The number of benzene rings is 2. The number of methoxy groups -OCH3 is 3. The normalized spacial score (nSPS) is 10.2. The molecule has 2 aromatic rings. The third-order valence-electron chi connectivity index (χ3n) is 3.20. The Labute approximate surface area is 182 Å². The van der Waals surface area contributed by atoms with Crippen molar-refractivity contribution in [3.8, 4) is 11.5 Å². The van der Waals surface area contributed by atoms with E-state index in [0.717, 1.165) is 0 Å². The third kappa shape index (κ3) is 5.39. The molecule has 0 spiro atoms. The summed E-state index contributed by atoms with van der Waals surface area (Å²) in [4.78, 5) is 0. The minimum absolute atomic E-state index is 0.227. The molecule has 2 rings (SSSR count). The van der Waals surface area contributed by atoms with E-state index >= 15 is 0 Å². The van der Waals surface area contributed by atoms with Crippen LogP contribution in [-0.2, 0) is 11.2 Å². The monoisotopic (exact) mass is 478 g/mol. The van der Waals surface area contributed by atoms with Crippen LogP contribution in [0, 0.1) is 0 Å². The highest BCUT2D eigenvalue weighted by atomic mass is 35.5. The van der Waals surface area contributed by atoms with Gasteiger partial charge in [0.05, 0.1) is 44.4 Å². The number of halogens is 6. The number of hydrogen-bond acceptors (Lipinski definition) is 3. The van der Waals surface area contributed by atoms with Crippen molar-refractivity contribution in [3.63, 3.8) is 0 Å². The van der Waals surface area contributed by atoms with Crippen LogP contribution in [0.5, 0.6) is 11.5 Å². The van der Waals surface area contributed by atoms with Gasteiger partial charge in [-0.05, 0) is 12.1 Å². The van der Waals surface area contributed by atoms with E-state index in [0.29, 0.717) is 52.8 Å². The van der Waals surface area contributed by atoms with Gasteiger partial charge >= 0.3 is 0 Å². The molecule has 0 saturated heterocycles. The van der Waals surface area contributed by atoms with Crippen LogP contribution in [0.4, 0.5) is 0 Å². The molecule has 0 heterocycles. The zero-order valence-electron chi connectivity index (χ0n) is 14.4. The SMILES string of the molecule is COC.COc1c(Cl)cc(Cl)c(Cl)c1Cc1c(Cl)c(Cl)cc(Cl)c1OC. The highest BCUT2D eigenvalue weighted by Crippen LogP contribution is 2.45. The van der Waals surface area contributed by atoms with Gasteiger partial charge in [0.25, 0.3) is 0 Å². The minimum Gasteiger partial charge on any atom is -0.495 e. The van der Waals surface area contributed by atoms with E-state index in [-0.39, 0.29) is 6.42 Å². The van der Waals surface area contributed by atoms with Crippen LogP contribution in [0.25, 0.3) is 0 Å². The topological polar surface area (TPSA) is 27.7 Å². The molecule has 0 aliphatic rings. The molecule has 0 fully saturated rings. The maximum Gasteiger partial charge on any atom is 0.142 e. The van der Waals surface area contributed by atoms with Crippen LogP contribution in [0.2, 0.25) is 30.1 Å². The fraction of sp³-hybridized carbons (Fsp3) is 0.294. The largest absolute Gasteiger partial charge is 0.495 e. The number of rotatable bonds is 4. The summed E-state index contributed by atoms with van der Waals surface area (Å²) >= 11 is 37.1. The van der Waals surface area contributed by atoms with Crippen LogP contribution in [0.1, 0.15) is 11.1 Å². The molecule has 0 radical (unpaired) electrons. The summed E-state index contributed by atoms with van der Waals surface area (Å²) in [7, 11) is 6.22. The van der Waals surface area contributed by atoms with Crippen molar-refractivity contribution in [2.45, 2.75) is 6.42 Å². The van der Waals surface area contributed by atoms with Gasteiger partial charge in [0.15, 0.2) is 0 Å². The fourth-order valence-electron chi connectivity index (χ4n) is 2.19. The van der Waals surface area contributed by atoms with Crippen LogP contribution < -0.4 is 9.47 Å². The maximum atomic E-state index is 6.31. The van der Waals surface area contributed by atoms with Gasteiger partial charge in [-0.2, -0.15) is 0 Å². The van der Waals surface area contributed by atoms with Crippen LogP contribution in [0.15, 0.2) is 12.1 Å². The molecular formula is C17H16Cl6O3. The second-order valence-corrected chi connectivity index (χ2v) is 7.30. The summed E-state index contributed by atoms with van der Waals surface area (Å²) in [5.74, 6) is 0.797. The lowest BCUT2D eigenvalue weighted by atomic mass is 10.0. The molecule has 0 N–H and O–H groups in total. The Kier molecular flexibility index (Phi) is 9.98. The van der Waals surface area contributed by atoms with Gasteiger partial charge in [-0.1, -0.05) is 69.6 Å². The Bertz CT molecular complexity index is 717. The number of hydrogen-bond donors (Lipinski definition) is 0. The van der Waals surface area contributed by atoms with Gasteiger partial charge < -0.3 is 14.2 Å². The molecule has 26 heavy (non-hydrogen) atoms. The minimum atomic E-state index is 0.227. The Balaban J connectivity index is 0.00000105. The zero-order chi connectivity index (χ0) is 20.0. The fourth-order valence-corrected chi connectivity index (χ4v) is 3.76. The zero-order valence-corrected chi connectivity index (χ0v) is 18.9. The molecule has 0 saturated carbocycles. The van der Waals surface area contributed by atoms with Crippen molar-refractivity contribution < 1.29 is 14.2 Å². The Morgan fingerprint density at radius 3 is 1.19 bits per heavy atom. The van der Waals surface area contributed by atoms with Gasteiger partial charge in [0, 0.05) is 31.8 Å². The Morgan fingerprint density at radius 2 is 0.923 bits per heavy atom. The van der Waals surface area contributed by atoms with E-state index < -0.39 is 0 Å². The van der Waals surface area contributed by atoms with Crippen molar-refractivity contribution in [2.75, 3.05) is 28.4 Å². The van der Waals surface area contributed by atoms with Crippen molar-refractivity contribution >= 4 is 69.6 Å². The molecule has 9 heteroatoms. The molecule has 0 aliphatic carbocycles. The van der Waals surface area contributed by atoms with Crippen molar-refractivity contribution in [1.82, 2.24) is 0 Å². The highest BCUT2D eigenvalue weighted by molar-refractivity contribution is 6.45. The van der Waals surface area contributed by atoms with Crippen molar-refractivity contribution in [3.05, 3.63) is 53.4 Å². The highest BCUT2D eigenvalue weighted by Gasteiger charge is 2.22. The first-order valence-electron chi connectivity index (χ1n) is 7.04. The van der Waals surface area contributed by atoms with E-state index in [1.165, 1.54) is 26.4 Å². The van der Waals surface area contributed by atoms with E-state index in [4.69, 9.17) is 79.1 Å². The van der Waals surface area contributed by atoms with Gasteiger partial charge in [-0.3, -0.25) is 0 Å². The first-order chi connectivity index (χ1) is 12.2. The summed E-state index contributed by atoms with van der Waals surface area (Å²) < 4.78 is 14.9. The number of ether oxygens (including phenoxy) is 3. The molecule has 0 amide bonds. The Morgan fingerprint density at radius 1 is 0.615 bits per heavy atom. The quantitative estimate of drug-likeness (QED) is 0.424. The first kappa shape index (κ1) is 23.8. The van der Waals surface area contributed by atoms with E-state index in [1.807, 2.05) is 0 Å². The summed E-state index contributed by atoms with van der Waals surface area (Å²) in [5.41, 5.74) is 1.12. The third-order valence-corrected chi connectivity index (χ3v) is 5.41. The van der Waals surface area contributed by atoms with Crippen LogP contribution >= 0.6 is 69.6 Å². The van der Waals surface area contributed by atoms with Crippen LogP contribution in [0.3, 0.4) is 0 Å². The lowest BCUT2D eigenvalue weighted by molar-refractivity contribution is 0.277. The lowest BCUT2D eigenvalue weighted by Gasteiger charge is -2.17. The molecule has 3 nitrogen and oxygen atoms in total. The molecule has 0 bridgehead atoms. The van der Waals surface area contributed by atoms with Crippen molar-refractivity contribution in [2.24, 2.45) is 0 Å². The molecule has 2 aromatic carbocycles. The maximum absolute atomic E-state index is 6.31.